The molecule has 1 saturated heterocycles. The van der Waals surface area contributed by atoms with Crippen molar-refractivity contribution in [2.75, 3.05) is 25.5 Å². The van der Waals surface area contributed by atoms with Crippen molar-refractivity contribution in [3.63, 3.8) is 0 Å². The van der Waals surface area contributed by atoms with Crippen LogP contribution >= 0.6 is 0 Å². The third kappa shape index (κ3) is 4.79. The molecule has 2 aliphatic rings. The number of piperidine rings is 1. The van der Waals surface area contributed by atoms with Crippen LogP contribution in [0.25, 0.3) is 16.8 Å². The summed E-state index contributed by atoms with van der Waals surface area (Å²) in [5.41, 5.74) is 3.68. The standard InChI is InChI=1S/C25H28F2N6O/c1-15-7-22(26)21(25(34)31-17-3-4-17)9-20(15)16-10-29-33(13-16)19-8-18(11-28-12-19)30-24-5-6-32(2)14-23(24)27/h7-13,17,23-24,30H,3-6,14H2,1-2H3,(H,31,34)/t23-,24+/m1/s1. The van der Waals surface area contributed by atoms with Crippen LogP contribution in [0.3, 0.4) is 0 Å². The Kier molecular flexibility index (Phi) is 6.03. The number of amides is 1. The number of rotatable bonds is 6. The largest absolute Gasteiger partial charge is 0.378 e. The van der Waals surface area contributed by atoms with E-state index in [9.17, 15) is 13.6 Å². The molecule has 34 heavy (non-hydrogen) atoms. The van der Waals surface area contributed by atoms with Gasteiger partial charge in [-0.25, -0.2) is 13.5 Å². The molecule has 1 aromatic carbocycles. The van der Waals surface area contributed by atoms with Crippen LogP contribution in [0, 0.1) is 12.7 Å². The number of likely N-dealkylation sites (tertiary alicyclic amines) is 1. The van der Waals surface area contributed by atoms with Crippen molar-refractivity contribution in [1.82, 2.24) is 25.0 Å². The molecule has 178 valence electrons. The Morgan fingerprint density at radius 2 is 1.97 bits per heavy atom. The highest BCUT2D eigenvalue weighted by molar-refractivity contribution is 5.96. The predicted molar refractivity (Wildman–Crippen MR) is 126 cm³/mol. The fraction of sp³-hybridized carbons (Fsp3) is 0.400. The minimum absolute atomic E-state index is 0.0343. The number of aromatic nitrogens is 3. The SMILES string of the molecule is Cc1cc(F)c(C(=O)NC2CC2)cc1-c1cnn(-c2cncc(N[C@H]3CCN(C)C[C@H]3F)c2)c1. The van der Waals surface area contributed by atoms with Crippen molar-refractivity contribution in [1.29, 1.82) is 0 Å². The van der Waals surface area contributed by atoms with Crippen LogP contribution in [0.1, 0.15) is 35.2 Å². The number of anilines is 1. The van der Waals surface area contributed by atoms with Gasteiger partial charge in [0.25, 0.3) is 5.91 Å². The Hall–Kier alpha value is -3.33. The lowest BCUT2D eigenvalue weighted by atomic mass is 9.99. The minimum Gasteiger partial charge on any atom is -0.378 e. The lowest BCUT2D eigenvalue weighted by molar-refractivity contribution is 0.0947. The fourth-order valence-corrected chi connectivity index (χ4v) is 4.32. The summed E-state index contributed by atoms with van der Waals surface area (Å²) in [4.78, 5) is 18.7. The molecule has 7 nitrogen and oxygen atoms in total. The molecule has 3 heterocycles. The van der Waals surface area contributed by atoms with Gasteiger partial charge in [-0.1, -0.05) is 0 Å². The smallest absolute Gasteiger partial charge is 0.254 e. The molecular weight excluding hydrogens is 438 g/mol. The van der Waals surface area contributed by atoms with Crippen molar-refractivity contribution in [3.05, 3.63) is 59.9 Å². The number of aryl methyl sites for hydroxylation is 1. The van der Waals surface area contributed by atoms with E-state index in [1.165, 1.54) is 6.07 Å². The first kappa shape index (κ1) is 22.5. The van der Waals surface area contributed by atoms with Gasteiger partial charge in [-0.05, 0) is 62.6 Å². The van der Waals surface area contributed by atoms with Crippen molar-refractivity contribution in [3.8, 4) is 16.8 Å². The molecule has 3 aromatic rings. The predicted octanol–water partition coefficient (Wildman–Crippen LogP) is 3.73. The van der Waals surface area contributed by atoms with Crippen LogP contribution in [0.5, 0.6) is 0 Å². The van der Waals surface area contributed by atoms with Crippen LogP contribution < -0.4 is 10.6 Å². The molecule has 5 rings (SSSR count). The first-order valence-electron chi connectivity index (χ1n) is 11.6. The summed E-state index contributed by atoms with van der Waals surface area (Å²) in [5, 5.41) is 10.6. The molecule has 1 aliphatic carbocycles. The van der Waals surface area contributed by atoms with Crippen LogP contribution in [0.4, 0.5) is 14.5 Å². The van der Waals surface area contributed by atoms with Crippen LogP contribution in [-0.2, 0) is 0 Å². The van der Waals surface area contributed by atoms with Gasteiger partial charge in [0, 0.05) is 30.9 Å². The van der Waals surface area contributed by atoms with Gasteiger partial charge in [-0.3, -0.25) is 9.78 Å². The third-order valence-corrected chi connectivity index (χ3v) is 6.45. The maximum Gasteiger partial charge on any atom is 0.254 e. The Morgan fingerprint density at radius 3 is 2.74 bits per heavy atom. The van der Waals surface area contributed by atoms with E-state index < -0.39 is 17.9 Å². The highest BCUT2D eigenvalue weighted by Gasteiger charge is 2.28. The number of hydrogen-bond acceptors (Lipinski definition) is 5. The van der Waals surface area contributed by atoms with Crippen LogP contribution in [0.15, 0.2) is 43.0 Å². The van der Waals surface area contributed by atoms with E-state index in [0.29, 0.717) is 24.2 Å². The highest BCUT2D eigenvalue weighted by atomic mass is 19.1. The number of pyridine rings is 1. The van der Waals surface area contributed by atoms with Gasteiger partial charge in [0.05, 0.1) is 41.6 Å². The average molecular weight is 467 g/mol. The lowest BCUT2D eigenvalue weighted by Crippen LogP contribution is -2.46. The van der Waals surface area contributed by atoms with Crippen molar-refractivity contribution >= 4 is 11.6 Å². The maximum atomic E-state index is 14.5. The number of hydrogen-bond donors (Lipinski definition) is 2. The van der Waals surface area contributed by atoms with Crippen molar-refractivity contribution in [2.45, 2.75) is 44.4 Å². The second kappa shape index (κ2) is 9.13. The van der Waals surface area contributed by atoms with Gasteiger partial charge in [0.15, 0.2) is 0 Å². The number of nitrogens with zero attached hydrogens (tertiary/aromatic N) is 4. The number of alkyl halides is 1. The van der Waals surface area contributed by atoms with Crippen molar-refractivity contribution in [2.24, 2.45) is 0 Å². The number of carbonyl (C=O) groups is 1. The summed E-state index contributed by atoms with van der Waals surface area (Å²) in [6, 6.07) is 4.73. The molecule has 2 atom stereocenters. The Balaban J connectivity index is 1.37. The summed E-state index contributed by atoms with van der Waals surface area (Å²) in [5.74, 6) is -0.925. The van der Waals surface area contributed by atoms with E-state index >= 15 is 0 Å². The number of nitrogens with one attached hydrogen (secondary N) is 2. The molecule has 0 unspecified atom stereocenters. The quantitative estimate of drug-likeness (QED) is 0.579. The van der Waals surface area contributed by atoms with E-state index in [1.54, 1.807) is 36.3 Å². The van der Waals surface area contributed by atoms with Crippen LogP contribution in [0.2, 0.25) is 0 Å². The molecule has 9 heteroatoms. The van der Waals surface area contributed by atoms with Crippen LogP contribution in [-0.4, -0.2) is 64.0 Å². The van der Waals surface area contributed by atoms with E-state index in [2.05, 4.69) is 20.7 Å². The number of carbonyl (C=O) groups excluding carboxylic acids is 1. The molecule has 2 aromatic heterocycles. The van der Waals surface area contributed by atoms with E-state index in [-0.39, 0.29) is 17.6 Å². The molecule has 2 N–H and O–H groups in total. The summed E-state index contributed by atoms with van der Waals surface area (Å²) in [7, 11) is 1.92. The van der Waals surface area contributed by atoms with Gasteiger partial charge >= 0.3 is 0 Å². The molecule has 1 aliphatic heterocycles. The van der Waals surface area contributed by atoms with Gasteiger partial charge in [-0.2, -0.15) is 5.10 Å². The number of halogens is 2. The summed E-state index contributed by atoms with van der Waals surface area (Å²) in [6.45, 7) is 3.05. The summed E-state index contributed by atoms with van der Waals surface area (Å²) < 4.78 is 30.6. The van der Waals surface area contributed by atoms with Crippen molar-refractivity contribution < 1.29 is 13.6 Å². The topological polar surface area (TPSA) is 75.1 Å². The first-order valence-corrected chi connectivity index (χ1v) is 11.6. The monoisotopic (exact) mass is 466 g/mol. The van der Waals surface area contributed by atoms with Gasteiger partial charge in [0.1, 0.15) is 12.0 Å². The molecule has 1 saturated carbocycles. The zero-order chi connectivity index (χ0) is 23.8. The molecule has 0 radical (unpaired) electrons. The molecular formula is C25H28F2N6O. The summed E-state index contributed by atoms with van der Waals surface area (Å²) >= 11 is 0. The Morgan fingerprint density at radius 1 is 1.15 bits per heavy atom. The van der Waals surface area contributed by atoms with E-state index in [0.717, 1.165) is 36.2 Å². The third-order valence-electron chi connectivity index (χ3n) is 6.45. The highest BCUT2D eigenvalue weighted by Crippen LogP contribution is 2.28. The number of benzene rings is 1. The lowest BCUT2D eigenvalue weighted by Gasteiger charge is -2.33. The van der Waals surface area contributed by atoms with E-state index in [1.807, 2.05) is 24.2 Å². The first-order chi connectivity index (χ1) is 16.4. The van der Waals surface area contributed by atoms with Gasteiger partial charge in [0.2, 0.25) is 0 Å². The van der Waals surface area contributed by atoms with Gasteiger partial charge < -0.3 is 15.5 Å². The molecule has 1 amide bonds. The zero-order valence-corrected chi connectivity index (χ0v) is 19.3. The Bertz CT molecular complexity index is 1210. The Labute approximate surface area is 197 Å². The normalized spacial score (nSPS) is 20.8. The molecule has 0 bridgehead atoms. The molecule has 2 fully saturated rings. The molecule has 0 spiro atoms. The maximum absolute atomic E-state index is 14.5. The van der Waals surface area contributed by atoms with Gasteiger partial charge in [-0.15, -0.1) is 0 Å². The second-order valence-corrected chi connectivity index (χ2v) is 9.32. The average Bonchev–Trinajstić information content (AvgIpc) is 3.48. The second-order valence-electron chi connectivity index (χ2n) is 9.32. The van der Waals surface area contributed by atoms with E-state index in [4.69, 9.17) is 0 Å². The minimum atomic E-state index is -0.952. The summed E-state index contributed by atoms with van der Waals surface area (Å²) in [6.07, 6.45) is 8.48. The fourth-order valence-electron chi connectivity index (χ4n) is 4.32. The zero-order valence-electron chi connectivity index (χ0n) is 19.3.